The van der Waals surface area contributed by atoms with Crippen molar-refractivity contribution in [1.82, 2.24) is 5.32 Å². The summed E-state index contributed by atoms with van der Waals surface area (Å²) in [5, 5.41) is 4.05. The summed E-state index contributed by atoms with van der Waals surface area (Å²) in [4.78, 5) is 1.19. The predicted molar refractivity (Wildman–Crippen MR) is 69.9 cm³/mol. The average molecular weight is 242 g/mol. The van der Waals surface area contributed by atoms with Gasteiger partial charge in [0.25, 0.3) is 0 Å². The molecule has 3 heteroatoms. The minimum atomic E-state index is 0.789. The van der Waals surface area contributed by atoms with E-state index in [0.29, 0.717) is 0 Å². The number of halogens is 1. The Bertz CT molecular complexity index is 325. The predicted octanol–water partition coefficient (Wildman–Crippen LogP) is 3.60. The van der Waals surface area contributed by atoms with Crippen LogP contribution >= 0.6 is 23.4 Å². The Kier molecular flexibility index (Phi) is 5.84. The molecule has 0 aliphatic rings. The van der Waals surface area contributed by atoms with Crippen LogP contribution in [0.4, 0.5) is 0 Å². The van der Waals surface area contributed by atoms with E-state index in [2.05, 4.69) is 24.9 Å². The lowest BCUT2D eigenvalue weighted by Gasteiger charge is -2.06. The first kappa shape index (κ1) is 12.6. The minimum Gasteiger partial charge on any atom is -0.313 e. The Morgan fingerprint density at radius 2 is 2.33 bits per heavy atom. The van der Waals surface area contributed by atoms with Crippen molar-refractivity contribution in [3.05, 3.63) is 41.4 Å². The van der Waals surface area contributed by atoms with Gasteiger partial charge in [-0.25, -0.2) is 0 Å². The molecule has 0 saturated heterocycles. The highest BCUT2D eigenvalue weighted by molar-refractivity contribution is 7.99. The zero-order valence-electron chi connectivity index (χ0n) is 8.92. The quantitative estimate of drug-likeness (QED) is 0.603. The molecule has 1 nitrogen and oxygen atoms in total. The number of hydrogen-bond donors (Lipinski definition) is 1. The Balaban J connectivity index is 2.33. The van der Waals surface area contributed by atoms with Crippen molar-refractivity contribution in [2.45, 2.75) is 11.8 Å². The maximum absolute atomic E-state index is 5.90. The van der Waals surface area contributed by atoms with Crippen molar-refractivity contribution in [2.24, 2.45) is 0 Å². The Morgan fingerprint density at radius 1 is 1.53 bits per heavy atom. The smallest absolute Gasteiger partial charge is 0.0417 e. The monoisotopic (exact) mass is 241 g/mol. The molecule has 0 heterocycles. The molecule has 0 aliphatic heterocycles. The van der Waals surface area contributed by atoms with E-state index in [1.807, 2.05) is 18.2 Å². The van der Waals surface area contributed by atoms with Crippen LogP contribution in [0.25, 0.3) is 0 Å². The third kappa shape index (κ3) is 5.26. The van der Waals surface area contributed by atoms with E-state index in [1.54, 1.807) is 11.8 Å². The fraction of sp³-hybridized carbons (Fsp3) is 0.333. The summed E-state index contributed by atoms with van der Waals surface area (Å²) in [6.45, 7) is 7.99. The number of thioether (sulfide) groups is 1. The van der Waals surface area contributed by atoms with Gasteiger partial charge in [0, 0.05) is 22.2 Å². The van der Waals surface area contributed by atoms with Crippen molar-refractivity contribution in [2.75, 3.05) is 18.8 Å². The van der Waals surface area contributed by atoms with Crippen LogP contribution in [0.3, 0.4) is 0 Å². The largest absolute Gasteiger partial charge is 0.313 e. The molecule has 1 rings (SSSR count). The molecule has 0 spiro atoms. The van der Waals surface area contributed by atoms with E-state index in [1.165, 1.54) is 10.5 Å². The molecule has 0 aromatic heterocycles. The van der Waals surface area contributed by atoms with Gasteiger partial charge in [-0.1, -0.05) is 36.7 Å². The topological polar surface area (TPSA) is 12.0 Å². The van der Waals surface area contributed by atoms with Crippen LogP contribution in [0.1, 0.15) is 6.92 Å². The van der Waals surface area contributed by atoms with Crippen molar-refractivity contribution >= 4 is 23.4 Å². The second-order valence-corrected chi connectivity index (χ2v) is 4.76. The fourth-order valence-electron chi connectivity index (χ4n) is 1.09. The van der Waals surface area contributed by atoms with Crippen LogP contribution in [-0.2, 0) is 0 Å². The molecule has 0 saturated carbocycles. The molecule has 1 aromatic carbocycles. The van der Waals surface area contributed by atoms with Gasteiger partial charge in [0.15, 0.2) is 0 Å². The van der Waals surface area contributed by atoms with Gasteiger partial charge in [-0.3, -0.25) is 0 Å². The van der Waals surface area contributed by atoms with Crippen molar-refractivity contribution < 1.29 is 0 Å². The van der Waals surface area contributed by atoms with Crippen LogP contribution < -0.4 is 5.32 Å². The van der Waals surface area contributed by atoms with Gasteiger partial charge in [-0.15, -0.1) is 11.8 Å². The summed E-state index contributed by atoms with van der Waals surface area (Å²) < 4.78 is 0. The Hall–Kier alpha value is -0.440. The SMILES string of the molecule is C=C(CNCC)CSc1cccc(Cl)c1. The molecule has 1 N–H and O–H groups in total. The van der Waals surface area contributed by atoms with E-state index < -0.39 is 0 Å². The summed E-state index contributed by atoms with van der Waals surface area (Å²) >= 11 is 7.66. The first-order valence-electron chi connectivity index (χ1n) is 4.98. The van der Waals surface area contributed by atoms with Gasteiger partial charge in [0.2, 0.25) is 0 Å². The molecule has 0 unspecified atom stereocenters. The van der Waals surface area contributed by atoms with Gasteiger partial charge < -0.3 is 5.32 Å². The van der Waals surface area contributed by atoms with Gasteiger partial charge in [0.1, 0.15) is 0 Å². The first-order chi connectivity index (χ1) is 7.22. The van der Waals surface area contributed by atoms with Gasteiger partial charge in [0.05, 0.1) is 0 Å². The molecule has 82 valence electrons. The molecular formula is C12H16ClNS. The van der Waals surface area contributed by atoms with Crippen LogP contribution in [0.5, 0.6) is 0 Å². The zero-order chi connectivity index (χ0) is 11.1. The summed E-state index contributed by atoms with van der Waals surface area (Å²) in [6.07, 6.45) is 0. The lowest BCUT2D eigenvalue weighted by atomic mass is 10.3. The van der Waals surface area contributed by atoms with Gasteiger partial charge in [-0.2, -0.15) is 0 Å². The molecule has 0 fully saturated rings. The summed E-state index contributed by atoms with van der Waals surface area (Å²) in [7, 11) is 0. The molecule has 0 radical (unpaired) electrons. The average Bonchev–Trinajstić information content (AvgIpc) is 2.23. The number of rotatable bonds is 6. The number of hydrogen-bond acceptors (Lipinski definition) is 2. The number of likely N-dealkylation sites (N-methyl/N-ethyl adjacent to an activating group) is 1. The van der Waals surface area contributed by atoms with E-state index in [-0.39, 0.29) is 0 Å². The Morgan fingerprint density at radius 3 is 3.00 bits per heavy atom. The highest BCUT2D eigenvalue weighted by atomic mass is 35.5. The van der Waals surface area contributed by atoms with E-state index >= 15 is 0 Å². The van der Waals surface area contributed by atoms with E-state index in [4.69, 9.17) is 11.6 Å². The third-order valence-corrected chi connectivity index (χ3v) is 3.24. The van der Waals surface area contributed by atoms with Crippen LogP contribution in [0.15, 0.2) is 41.3 Å². The standard InChI is InChI=1S/C12H16ClNS/c1-3-14-8-10(2)9-15-12-6-4-5-11(13)7-12/h4-7,14H,2-3,8-9H2,1H3. The molecule has 0 bridgehead atoms. The van der Waals surface area contributed by atoms with Crippen LogP contribution in [0.2, 0.25) is 5.02 Å². The Labute approximate surface area is 101 Å². The van der Waals surface area contributed by atoms with E-state index in [0.717, 1.165) is 23.9 Å². The zero-order valence-corrected chi connectivity index (χ0v) is 10.5. The molecule has 0 amide bonds. The lowest BCUT2D eigenvalue weighted by Crippen LogP contribution is -2.16. The van der Waals surface area contributed by atoms with Gasteiger partial charge >= 0.3 is 0 Å². The molecule has 15 heavy (non-hydrogen) atoms. The molecule has 1 aromatic rings. The second kappa shape index (κ2) is 6.94. The minimum absolute atomic E-state index is 0.789. The van der Waals surface area contributed by atoms with Crippen molar-refractivity contribution in [3.63, 3.8) is 0 Å². The number of nitrogens with one attached hydrogen (secondary N) is 1. The highest BCUT2D eigenvalue weighted by Gasteiger charge is 1.97. The highest BCUT2D eigenvalue weighted by Crippen LogP contribution is 2.22. The molecule has 0 aliphatic carbocycles. The van der Waals surface area contributed by atoms with Gasteiger partial charge in [-0.05, 0) is 24.7 Å². The maximum atomic E-state index is 5.90. The molecule has 0 atom stereocenters. The van der Waals surface area contributed by atoms with Crippen LogP contribution in [0, 0.1) is 0 Å². The normalized spacial score (nSPS) is 10.3. The number of benzene rings is 1. The first-order valence-corrected chi connectivity index (χ1v) is 6.34. The maximum Gasteiger partial charge on any atom is 0.0417 e. The van der Waals surface area contributed by atoms with Crippen molar-refractivity contribution in [1.29, 1.82) is 0 Å². The summed E-state index contributed by atoms with van der Waals surface area (Å²) in [5.74, 6) is 0.938. The summed E-state index contributed by atoms with van der Waals surface area (Å²) in [5.41, 5.74) is 1.21. The second-order valence-electron chi connectivity index (χ2n) is 3.28. The van der Waals surface area contributed by atoms with Crippen LogP contribution in [-0.4, -0.2) is 18.8 Å². The summed E-state index contributed by atoms with van der Waals surface area (Å²) in [6, 6.07) is 7.90. The third-order valence-electron chi connectivity index (χ3n) is 1.86. The fourth-order valence-corrected chi connectivity index (χ4v) is 2.21. The van der Waals surface area contributed by atoms with E-state index in [9.17, 15) is 0 Å². The molecular weight excluding hydrogens is 226 g/mol. The van der Waals surface area contributed by atoms with Crippen molar-refractivity contribution in [3.8, 4) is 0 Å². The lowest BCUT2D eigenvalue weighted by molar-refractivity contribution is 0.779.